The van der Waals surface area contributed by atoms with Gasteiger partial charge in [0.1, 0.15) is 5.01 Å². The van der Waals surface area contributed by atoms with Gasteiger partial charge in [-0.05, 0) is 48.2 Å². The lowest BCUT2D eigenvalue weighted by Gasteiger charge is -2.16. The van der Waals surface area contributed by atoms with E-state index >= 15 is 0 Å². The smallest absolute Gasteiger partial charge is 0.226 e. The summed E-state index contributed by atoms with van der Waals surface area (Å²) in [6, 6.07) is 9.66. The lowest BCUT2D eigenvalue weighted by atomic mass is 10.1. The number of fused-ring (bicyclic) bond motifs is 1. The summed E-state index contributed by atoms with van der Waals surface area (Å²) in [5.74, 6) is 1.37. The molecule has 0 saturated heterocycles. The first kappa shape index (κ1) is 18.4. The molecule has 0 saturated carbocycles. The fourth-order valence-corrected chi connectivity index (χ4v) is 4.28. The lowest BCUT2D eigenvalue weighted by molar-refractivity contribution is -0.121. The maximum Gasteiger partial charge on any atom is 0.226 e. The molecule has 2 aromatic heterocycles. The van der Waals surface area contributed by atoms with Gasteiger partial charge < -0.3 is 14.8 Å². The minimum atomic E-state index is -0.0366. The summed E-state index contributed by atoms with van der Waals surface area (Å²) >= 11 is 1.50. The molecule has 2 heterocycles. The summed E-state index contributed by atoms with van der Waals surface area (Å²) in [6.07, 6.45) is 3.77. The van der Waals surface area contributed by atoms with E-state index in [-0.39, 0.29) is 18.4 Å². The first-order valence-corrected chi connectivity index (χ1v) is 9.96. The monoisotopic (exact) mass is 395 g/mol. The molecule has 4 rings (SSSR count). The number of hydrogen-bond acceptors (Lipinski definition) is 6. The second-order valence-electron chi connectivity index (χ2n) is 6.60. The van der Waals surface area contributed by atoms with Crippen LogP contribution in [0.15, 0.2) is 41.9 Å². The molecule has 0 fully saturated rings. The summed E-state index contributed by atoms with van der Waals surface area (Å²) < 4.78 is 10.8. The van der Waals surface area contributed by atoms with Crippen molar-refractivity contribution in [1.29, 1.82) is 0 Å². The van der Waals surface area contributed by atoms with Crippen LogP contribution in [-0.4, -0.2) is 30.1 Å². The van der Waals surface area contributed by atoms with Crippen molar-refractivity contribution in [3.8, 4) is 22.2 Å². The third-order valence-electron chi connectivity index (χ3n) is 4.84. The van der Waals surface area contributed by atoms with E-state index in [9.17, 15) is 4.79 Å². The minimum absolute atomic E-state index is 0.0174. The highest BCUT2D eigenvalue weighted by Gasteiger charge is 2.26. The number of amides is 1. The number of rotatable bonds is 6. The first-order chi connectivity index (χ1) is 13.7. The molecule has 6 nitrogen and oxygen atoms in total. The summed E-state index contributed by atoms with van der Waals surface area (Å²) in [6.45, 7) is 0. The molecular formula is C21H21N3O3S. The van der Waals surface area contributed by atoms with E-state index in [4.69, 9.17) is 9.47 Å². The number of aromatic nitrogens is 2. The number of carbonyl (C=O) groups is 1. The Balaban J connectivity index is 1.44. The molecule has 0 aliphatic heterocycles. The topological polar surface area (TPSA) is 73.3 Å². The van der Waals surface area contributed by atoms with Gasteiger partial charge in [-0.25, -0.2) is 4.98 Å². The van der Waals surface area contributed by atoms with Gasteiger partial charge in [0.05, 0.1) is 38.1 Å². The number of thiazole rings is 1. The van der Waals surface area contributed by atoms with Crippen molar-refractivity contribution in [2.75, 3.05) is 14.2 Å². The quantitative estimate of drug-likeness (QED) is 0.691. The van der Waals surface area contributed by atoms with Crippen molar-refractivity contribution in [1.82, 2.24) is 15.3 Å². The molecule has 1 aliphatic carbocycles. The standard InChI is InChI=1S/C21H21N3O3S/c1-26-18-9-13-6-7-16(15(13)11-19(18)27-2)24-20(25)10-14-12-28-21(23-14)17-5-3-4-8-22-17/h3-5,8-9,11-12,16H,6-7,10H2,1-2H3,(H,24,25). The van der Waals surface area contributed by atoms with Crippen molar-refractivity contribution in [3.63, 3.8) is 0 Å². The zero-order valence-electron chi connectivity index (χ0n) is 15.8. The van der Waals surface area contributed by atoms with Crippen LogP contribution in [-0.2, 0) is 17.6 Å². The summed E-state index contributed by atoms with van der Waals surface area (Å²) in [4.78, 5) is 21.4. The van der Waals surface area contributed by atoms with Gasteiger partial charge in [-0.15, -0.1) is 11.3 Å². The summed E-state index contributed by atoms with van der Waals surface area (Å²) in [5, 5.41) is 5.88. The second kappa shape index (κ2) is 7.98. The van der Waals surface area contributed by atoms with E-state index in [2.05, 4.69) is 15.3 Å². The van der Waals surface area contributed by atoms with Gasteiger partial charge in [-0.3, -0.25) is 9.78 Å². The van der Waals surface area contributed by atoms with Gasteiger partial charge >= 0.3 is 0 Å². The highest BCUT2D eigenvalue weighted by atomic mass is 32.1. The van der Waals surface area contributed by atoms with Crippen LogP contribution in [0.4, 0.5) is 0 Å². The third-order valence-corrected chi connectivity index (χ3v) is 5.75. The maximum atomic E-state index is 12.6. The Bertz CT molecular complexity index is 988. The van der Waals surface area contributed by atoms with Crippen LogP contribution >= 0.6 is 11.3 Å². The molecule has 1 amide bonds. The number of nitrogens with zero attached hydrogens (tertiary/aromatic N) is 2. The van der Waals surface area contributed by atoms with Crippen LogP contribution in [0.2, 0.25) is 0 Å². The largest absolute Gasteiger partial charge is 0.493 e. The molecular weight excluding hydrogens is 374 g/mol. The molecule has 1 aromatic carbocycles. The highest BCUT2D eigenvalue weighted by Crippen LogP contribution is 2.39. The maximum absolute atomic E-state index is 12.6. The van der Waals surface area contributed by atoms with Crippen molar-refractivity contribution < 1.29 is 14.3 Å². The van der Waals surface area contributed by atoms with Gasteiger partial charge in [-0.2, -0.15) is 0 Å². The Morgan fingerprint density at radius 2 is 2.07 bits per heavy atom. The second-order valence-corrected chi connectivity index (χ2v) is 7.46. The van der Waals surface area contributed by atoms with E-state index < -0.39 is 0 Å². The number of benzene rings is 1. The van der Waals surface area contributed by atoms with E-state index in [1.54, 1.807) is 20.4 Å². The average molecular weight is 395 g/mol. The third kappa shape index (κ3) is 3.71. The lowest BCUT2D eigenvalue weighted by Crippen LogP contribution is -2.28. The Labute approximate surface area is 167 Å². The predicted molar refractivity (Wildman–Crippen MR) is 108 cm³/mol. The Morgan fingerprint density at radius 3 is 2.82 bits per heavy atom. The number of carbonyl (C=O) groups excluding carboxylic acids is 1. The van der Waals surface area contributed by atoms with Gasteiger partial charge in [-0.1, -0.05) is 6.07 Å². The van der Waals surface area contributed by atoms with Gasteiger partial charge in [0.25, 0.3) is 0 Å². The molecule has 144 valence electrons. The van der Waals surface area contributed by atoms with E-state index in [0.29, 0.717) is 5.75 Å². The van der Waals surface area contributed by atoms with Crippen LogP contribution in [0.3, 0.4) is 0 Å². The van der Waals surface area contributed by atoms with Crippen LogP contribution < -0.4 is 14.8 Å². The summed E-state index contributed by atoms with van der Waals surface area (Å²) in [7, 11) is 3.25. The first-order valence-electron chi connectivity index (χ1n) is 9.08. The normalized spacial score (nSPS) is 15.1. The van der Waals surface area contributed by atoms with Gasteiger partial charge in [0, 0.05) is 11.6 Å². The van der Waals surface area contributed by atoms with E-state index in [1.807, 2.05) is 35.7 Å². The summed E-state index contributed by atoms with van der Waals surface area (Å²) in [5.41, 5.74) is 3.87. The zero-order chi connectivity index (χ0) is 19.5. The van der Waals surface area contributed by atoms with Crippen LogP contribution in [0.1, 0.15) is 29.3 Å². The minimum Gasteiger partial charge on any atom is -0.493 e. The number of ether oxygens (including phenoxy) is 2. The van der Waals surface area contributed by atoms with Gasteiger partial charge in [0.2, 0.25) is 5.91 Å². The van der Waals surface area contributed by atoms with E-state index in [1.165, 1.54) is 16.9 Å². The molecule has 7 heteroatoms. The number of hydrogen-bond donors (Lipinski definition) is 1. The van der Waals surface area contributed by atoms with E-state index in [0.717, 1.165) is 40.6 Å². The van der Waals surface area contributed by atoms with Crippen molar-refractivity contribution in [3.05, 3.63) is 58.7 Å². The predicted octanol–water partition coefficient (Wildman–Crippen LogP) is 3.57. The van der Waals surface area contributed by atoms with Crippen molar-refractivity contribution in [2.45, 2.75) is 25.3 Å². The van der Waals surface area contributed by atoms with Crippen LogP contribution in [0.25, 0.3) is 10.7 Å². The van der Waals surface area contributed by atoms with Crippen LogP contribution in [0, 0.1) is 0 Å². The Hall–Kier alpha value is -2.93. The number of nitrogens with one attached hydrogen (secondary N) is 1. The van der Waals surface area contributed by atoms with Crippen LogP contribution in [0.5, 0.6) is 11.5 Å². The highest BCUT2D eigenvalue weighted by molar-refractivity contribution is 7.13. The fourth-order valence-electron chi connectivity index (χ4n) is 3.49. The molecule has 28 heavy (non-hydrogen) atoms. The Kier molecular flexibility index (Phi) is 5.25. The molecule has 1 unspecified atom stereocenters. The average Bonchev–Trinajstić information content (AvgIpc) is 3.34. The molecule has 1 N–H and O–H groups in total. The number of pyridine rings is 1. The molecule has 1 aliphatic rings. The zero-order valence-corrected chi connectivity index (χ0v) is 16.6. The number of methoxy groups -OCH3 is 2. The molecule has 0 radical (unpaired) electrons. The molecule has 0 spiro atoms. The fraction of sp³-hybridized carbons (Fsp3) is 0.286. The van der Waals surface area contributed by atoms with Crippen molar-refractivity contribution in [2.24, 2.45) is 0 Å². The molecule has 3 aromatic rings. The number of aryl methyl sites for hydroxylation is 1. The Morgan fingerprint density at radius 1 is 1.25 bits per heavy atom. The van der Waals surface area contributed by atoms with Gasteiger partial charge in [0.15, 0.2) is 11.5 Å². The van der Waals surface area contributed by atoms with Crippen molar-refractivity contribution >= 4 is 17.2 Å². The molecule has 0 bridgehead atoms. The SMILES string of the molecule is COc1cc2c(cc1OC)C(NC(=O)Cc1csc(-c3ccccn3)n1)CC2. The molecule has 1 atom stereocenters.